The van der Waals surface area contributed by atoms with E-state index in [1.54, 1.807) is 0 Å². The van der Waals surface area contributed by atoms with E-state index in [9.17, 15) is 20.4 Å². The standard InChI is InChI=1S/4C4H9O.U/c4*1-2-3-4-5;/h4*2-4H2,1H3;/q4*-1;+4. The van der Waals surface area contributed by atoms with Gasteiger partial charge in [0.1, 0.15) is 0 Å². The van der Waals surface area contributed by atoms with Gasteiger partial charge in [-0.2, -0.15) is 0 Å². The molecule has 0 aromatic heterocycles. The summed E-state index contributed by atoms with van der Waals surface area (Å²) in [6.45, 7) is 8.42. The topological polar surface area (TPSA) is 92.2 Å². The minimum absolute atomic E-state index is 0. The Balaban J connectivity index is -0.0000000533. The summed E-state index contributed by atoms with van der Waals surface area (Å²) in [5.74, 6) is 0. The average Bonchev–Trinajstić information content (AvgIpc) is 2.44. The van der Waals surface area contributed by atoms with E-state index < -0.39 is 0 Å². The molecule has 0 unspecified atom stereocenters. The molecule has 4 nitrogen and oxygen atoms in total. The van der Waals surface area contributed by atoms with E-state index in [1.807, 2.05) is 27.7 Å². The zero-order valence-electron chi connectivity index (χ0n) is 14.6. The fourth-order valence-electron chi connectivity index (χ4n) is 0.577. The molecule has 0 aliphatic rings. The molecule has 0 aliphatic heterocycles. The smallest absolute Gasteiger partial charge is 0.854 e. The molecule has 0 aromatic rings. The van der Waals surface area contributed by atoms with Gasteiger partial charge in [0.2, 0.25) is 0 Å². The predicted molar refractivity (Wildman–Crippen MR) is 79.1 cm³/mol. The van der Waals surface area contributed by atoms with Crippen molar-refractivity contribution in [2.24, 2.45) is 0 Å². The van der Waals surface area contributed by atoms with Crippen molar-refractivity contribution < 1.29 is 51.5 Å². The minimum Gasteiger partial charge on any atom is -0.854 e. The molecule has 0 saturated heterocycles. The molecular formula is C16H36O4U. The zero-order valence-corrected chi connectivity index (χ0v) is 18.8. The van der Waals surface area contributed by atoms with Gasteiger partial charge in [0.15, 0.2) is 0 Å². The molecule has 0 saturated carbocycles. The Labute approximate surface area is 156 Å². The van der Waals surface area contributed by atoms with E-state index in [4.69, 9.17) is 0 Å². The van der Waals surface area contributed by atoms with E-state index >= 15 is 0 Å². The molecule has 0 rings (SSSR count). The summed E-state index contributed by atoms with van der Waals surface area (Å²) in [5.41, 5.74) is 0. The minimum atomic E-state index is 0. The second-order valence-electron chi connectivity index (χ2n) is 4.23. The van der Waals surface area contributed by atoms with Crippen molar-refractivity contribution in [3.63, 3.8) is 0 Å². The van der Waals surface area contributed by atoms with Gasteiger partial charge in [-0.25, -0.2) is 0 Å². The largest absolute Gasteiger partial charge is 4.00 e. The Hall–Kier alpha value is 0.892. The van der Waals surface area contributed by atoms with Crippen LogP contribution in [0, 0.1) is 31.1 Å². The van der Waals surface area contributed by atoms with Crippen LogP contribution in [0.5, 0.6) is 0 Å². The maximum Gasteiger partial charge on any atom is 4.00 e. The van der Waals surface area contributed by atoms with Crippen molar-refractivity contribution in [3.05, 3.63) is 0 Å². The van der Waals surface area contributed by atoms with Crippen molar-refractivity contribution in [1.82, 2.24) is 0 Å². The average molecular weight is 530 g/mol. The van der Waals surface area contributed by atoms with Crippen LogP contribution in [0.15, 0.2) is 0 Å². The van der Waals surface area contributed by atoms with Crippen molar-refractivity contribution in [1.29, 1.82) is 0 Å². The summed E-state index contributed by atoms with van der Waals surface area (Å²) in [6, 6.07) is 0. The van der Waals surface area contributed by atoms with Gasteiger partial charge in [0.05, 0.1) is 0 Å². The van der Waals surface area contributed by atoms with Gasteiger partial charge in [0.25, 0.3) is 0 Å². The van der Waals surface area contributed by atoms with E-state index in [0.29, 0.717) is 0 Å². The van der Waals surface area contributed by atoms with E-state index in [1.165, 1.54) is 0 Å². The Morgan fingerprint density at radius 3 is 0.571 bits per heavy atom. The maximum absolute atomic E-state index is 9.53. The van der Waals surface area contributed by atoms with Crippen LogP contribution in [0.4, 0.5) is 0 Å². The summed E-state index contributed by atoms with van der Waals surface area (Å²) in [7, 11) is 0. The van der Waals surface area contributed by atoms with Crippen LogP contribution in [-0.2, 0) is 0 Å². The molecule has 0 radical (unpaired) electrons. The summed E-state index contributed by atoms with van der Waals surface area (Å²) in [5, 5.41) is 38.1. The second-order valence-corrected chi connectivity index (χ2v) is 4.23. The van der Waals surface area contributed by atoms with Crippen LogP contribution in [0.2, 0.25) is 0 Å². The van der Waals surface area contributed by atoms with Crippen LogP contribution >= 0.6 is 0 Å². The molecule has 128 valence electrons. The third-order valence-corrected chi connectivity index (χ3v) is 1.99. The molecule has 0 fully saturated rings. The molecule has 21 heavy (non-hydrogen) atoms. The van der Waals surface area contributed by atoms with Gasteiger partial charge >= 0.3 is 31.1 Å². The summed E-state index contributed by atoms with van der Waals surface area (Å²) in [4.78, 5) is 0. The fourth-order valence-corrected chi connectivity index (χ4v) is 0.577. The number of rotatable bonds is 8. The normalized spacial score (nSPS) is 8.00. The summed E-state index contributed by atoms with van der Waals surface area (Å²) >= 11 is 0. The Kier molecular flexibility index (Phi) is 79.3. The van der Waals surface area contributed by atoms with Gasteiger partial charge in [-0.3, -0.25) is 0 Å². The fraction of sp³-hybridized carbons (Fsp3) is 1.00. The first-order valence-electron chi connectivity index (χ1n) is 7.98. The van der Waals surface area contributed by atoms with Crippen LogP contribution in [-0.4, -0.2) is 26.4 Å². The van der Waals surface area contributed by atoms with Crippen molar-refractivity contribution in [2.45, 2.75) is 79.1 Å². The maximum atomic E-state index is 9.53. The number of hydrogen-bond donors (Lipinski definition) is 0. The van der Waals surface area contributed by atoms with Gasteiger partial charge in [-0.05, 0) is 0 Å². The van der Waals surface area contributed by atoms with Gasteiger partial charge < -0.3 is 20.4 Å². The second kappa shape index (κ2) is 49.7. The zero-order chi connectivity index (χ0) is 16.5. The summed E-state index contributed by atoms with van der Waals surface area (Å²) < 4.78 is 0. The molecule has 5 heteroatoms. The van der Waals surface area contributed by atoms with E-state index in [-0.39, 0.29) is 57.5 Å². The molecule has 0 heterocycles. The number of hydrogen-bond acceptors (Lipinski definition) is 4. The third kappa shape index (κ3) is 94.3. The first-order valence-corrected chi connectivity index (χ1v) is 7.98. The van der Waals surface area contributed by atoms with Crippen molar-refractivity contribution in [3.8, 4) is 0 Å². The SMILES string of the molecule is CCCC[O-].CCCC[O-].CCCC[O-].CCCC[O-].[U+4]. The Morgan fingerprint density at radius 2 is 0.571 bits per heavy atom. The first kappa shape index (κ1) is 33.5. The third-order valence-electron chi connectivity index (χ3n) is 1.99. The first-order chi connectivity index (χ1) is 9.66. The molecule has 0 atom stereocenters. The molecule has 0 aliphatic carbocycles. The van der Waals surface area contributed by atoms with Crippen molar-refractivity contribution in [2.75, 3.05) is 26.4 Å². The van der Waals surface area contributed by atoms with Gasteiger partial charge in [-0.15, -0.1) is 26.4 Å². The van der Waals surface area contributed by atoms with Gasteiger partial charge in [-0.1, -0.05) is 79.1 Å². The van der Waals surface area contributed by atoms with E-state index in [0.717, 1.165) is 51.4 Å². The van der Waals surface area contributed by atoms with Crippen LogP contribution < -0.4 is 20.4 Å². The Morgan fingerprint density at radius 1 is 0.429 bits per heavy atom. The number of unbranched alkanes of at least 4 members (excludes halogenated alkanes) is 4. The molecule has 0 bridgehead atoms. The predicted octanol–water partition coefficient (Wildman–Crippen LogP) is 0.587. The van der Waals surface area contributed by atoms with Crippen molar-refractivity contribution >= 4 is 0 Å². The van der Waals surface area contributed by atoms with Crippen LogP contribution in [0.3, 0.4) is 0 Å². The van der Waals surface area contributed by atoms with Gasteiger partial charge in [0, 0.05) is 0 Å². The summed E-state index contributed by atoms with van der Waals surface area (Å²) in [6.07, 6.45) is 7.46. The van der Waals surface area contributed by atoms with Crippen LogP contribution in [0.1, 0.15) is 79.1 Å². The molecule has 0 amide bonds. The van der Waals surface area contributed by atoms with Crippen LogP contribution in [0.25, 0.3) is 0 Å². The van der Waals surface area contributed by atoms with E-state index in [2.05, 4.69) is 0 Å². The molecule has 0 N–H and O–H groups in total. The molecular weight excluding hydrogens is 494 g/mol. The quantitative estimate of drug-likeness (QED) is 0.459. The monoisotopic (exact) mass is 530 g/mol. The molecule has 0 spiro atoms. The molecule has 0 aromatic carbocycles. The Bertz CT molecular complexity index is 74.3.